The van der Waals surface area contributed by atoms with Crippen LogP contribution in [0.2, 0.25) is 0 Å². The van der Waals surface area contributed by atoms with E-state index in [-0.39, 0.29) is 0 Å². The molecule has 0 unspecified atom stereocenters. The second-order valence-electron chi connectivity index (χ2n) is 4.74. The van der Waals surface area contributed by atoms with Gasteiger partial charge < -0.3 is 10.3 Å². The van der Waals surface area contributed by atoms with Crippen molar-refractivity contribution in [1.29, 1.82) is 0 Å². The van der Waals surface area contributed by atoms with Gasteiger partial charge in [0.05, 0.1) is 0 Å². The summed E-state index contributed by atoms with van der Waals surface area (Å²) in [7, 11) is 0. The quantitative estimate of drug-likeness (QED) is 0.665. The number of nitrogens with zero attached hydrogens (tertiary/aromatic N) is 3. The SMILES string of the molecule is Nc1cc(-c2nncn2C2CCCC2)ccc1I. The molecule has 1 aromatic heterocycles. The van der Waals surface area contributed by atoms with E-state index in [9.17, 15) is 0 Å². The summed E-state index contributed by atoms with van der Waals surface area (Å²) in [4.78, 5) is 0. The highest BCUT2D eigenvalue weighted by atomic mass is 127. The van der Waals surface area contributed by atoms with Crippen molar-refractivity contribution >= 4 is 28.3 Å². The number of rotatable bonds is 2. The summed E-state index contributed by atoms with van der Waals surface area (Å²) in [5.74, 6) is 0.935. The fourth-order valence-corrected chi connectivity index (χ4v) is 2.92. The van der Waals surface area contributed by atoms with Gasteiger partial charge in [0.15, 0.2) is 5.82 Å². The molecule has 4 nitrogen and oxygen atoms in total. The lowest BCUT2D eigenvalue weighted by atomic mass is 10.1. The van der Waals surface area contributed by atoms with Gasteiger partial charge in [-0.25, -0.2) is 0 Å². The first-order chi connectivity index (χ1) is 8.75. The van der Waals surface area contributed by atoms with Crippen LogP contribution in [-0.4, -0.2) is 14.8 Å². The molecule has 1 aliphatic carbocycles. The van der Waals surface area contributed by atoms with Crippen LogP contribution in [0.3, 0.4) is 0 Å². The van der Waals surface area contributed by atoms with Gasteiger partial charge in [0.25, 0.3) is 0 Å². The minimum Gasteiger partial charge on any atom is -0.398 e. The topological polar surface area (TPSA) is 56.7 Å². The number of anilines is 1. The summed E-state index contributed by atoms with van der Waals surface area (Å²) in [6.45, 7) is 0. The fraction of sp³-hybridized carbons (Fsp3) is 0.385. The molecule has 94 valence electrons. The van der Waals surface area contributed by atoms with Crippen LogP contribution in [0.4, 0.5) is 5.69 Å². The van der Waals surface area contributed by atoms with Crippen molar-refractivity contribution in [1.82, 2.24) is 14.8 Å². The number of hydrogen-bond donors (Lipinski definition) is 1. The molecule has 1 saturated carbocycles. The van der Waals surface area contributed by atoms with E-state index in [1.165, 1.54) is 25.7 Å². The molecule has 0 bridgehead atoms. The van der Waals surface area contributed by atoms with Crippen LogP contribution in [0, 0.1) is 3.57 Å². The second-order valence-corrected chi connectivity index (χ2v) is 5.90. The van der Waals surface area contributed by atoms with Crippen molar-refractivity contribution in [2.45, 2.75) is 31.7 Å². The van der Waals surface area contributed by atoms with E-state index in [1.807, 2.05) is 18.5 Å². The number of halogens is 1. The molecule has 1 aromatic carbocycles. The second kappa shape index (κ2) is 4.87. The van der Waals surface area contributed by atoms with Crippen LogP contribution in [-0.2, 0) is 0 Å². The molecule has 1 fully saturated rings. The molecule has 0 aliphatic heterocycles. The molecule has 0 atom stereocenters. The zero-order chi connectivity index (χ0) is 12.5. The van der Waals surface area contributed by atoms with E-state index in [4.69, 9.17) is 5.73 Å². The fourth-order valence-electron chi connectivity index (χ4n) is 2.58. The third kappa shape index (κ3) is 2.11. The van der Waals surface area contributed by atoms with Crippen LogP contribution in [0.15, 0.2) is 24.5 Å². The third-order valence-corrected chi connectivity index (χ3v) is 4.53. The van der Waals surface area contributed by atoms with E-state index >= 15 is 0 Å². The monoisotopic (exact) mass is 354 g/mol. The van der Waals surface area contributed by atoms with Crippen LogP contribution < -0.4 is 5.73 Å². The molecular formula is C13H15IN4. The molecule has 3 rings (SSSR count). The first kappa shape index (κ1) is 12.0. The van der Waals surface area contributed by atoms with Crippen LogP contribution in [0.1, 0.15) is 31.7 Å². The standard InChI is InChI=1S/C13H15IN4/c14-11-6-5-9(7-12(11)15)13-17-16-8-18(13)10-3-1-2-4-10/h5-8,10H,1-4,15H2. The van der Waals surface area contributed by atoms with Gasteiger partial charge in [-0.2, -0.15) is 0 Å². The molecular weight excluding hydrogens is 339 g/mol. The summed E-state index contributed by atoms with van der Waals surface area (Å²) in [5, 5.41) is 8.32. The van der Waals surface area contributed by atoms with Gasteiger partial charge in [-0.1, -0.05) is 12.8 Å². The third-order valence-electron chi connectivity index (χ3n) is 3.55. The Balaban J connectivity index is 2.00. The largest absolute Gasteiger partial charge is 0.398 e. The number of benzene rings is 1. The Kier molecular flexibility index (Phi) is 3.23. The highest BCUT2D eigenvalue weighted by Crippen LogP contribution is 2.33. The zero-order valence-electron chi connectivity index (χ0n) is 10.0. The van der Waals surface area contributed by atoms with Crippen molar-refractivity contribution in [2.75, 3.05) is 5.73 Å². The molecule has 2 aromatic rings. The van der Waals surface area contributed by atoms with E-state index < -0.39 is 0 Å². The van der Waals surface area contributed by atoms with Gasteiger partial charge in [0.1, 0.15) is 6.33 Å². The number of nitrogen functional groups attached to an aromatic ring is 1. The highest BCUT2D eigenvalue weighted by molar-refractivity contribution is 14.1. The Hall–Kier alpha value is -1.11. The zero-order valence-corrected chi connectivity index (χ0v) is 12.2. The summed E-state index contributed by atoms with van der Waals surface area (Å²) < 4.78 is 3.28. The Morgan fingerprint density at radius 1 is 1.28 bits per heavy atom. The van der Waals surface area contributed by atoms with Crippen LogP contribution in [0.25, 0.3) is 11.4 Å². The Morgan fingerprint density at radius 2 is 2.06 bits per heavy atom. The van der Waals surface area contributed by atoms with E-state index in [0.29, 0.717) is 6.04 Å². The molecule has 1 aliphatic rings. The number of nitrogens with two attached hydrogens (primary N) is 1. The van der Waals surface area contributed by atoms with Crippen molar-refractivity contribution in [3.05, 3.63) is 28.1 Å². The first-order valence-electron chi connectivity index (χ1n) is 6.20. The van der Waals surface area contributed by atoms with Crippen molar-refractivity contribution in [2.24, 2.45) is 0 Å². The molecule has 2 N–H and O–H groups in total. The van der Waals surface area contributed by atoms with Crippen LogP contribution in [0.5, 0.6) is 0 Å². The lowest BCUT2D eigenvalue weighted by Gasteiger charge is -2.14. The average Bonchev–Trinajstić information content (AvgIpc) is 3.00. The van der Waals surface area contributed by atoms with Gasteiger partial charge >= 0.3 is 0 Å². The normalized spacial score (nSPS) is 16.3. The summed E-state index contributed by atoms with van der Waals surface area (Å²) in [5.41, 5.74) is 7.82. The maximum absolute atomic E-state index is 5.97. The van der Waals surface area contributed by atoms with Crippen LogP contribution >= 0.6 is 22.6 Å². The maximum atomic E-state index is 5.97. The minimum atomic E-state index is 0.551. The first-order valence-corrected chi connectivity index (χ1v) is 7.28. The molecule has 1 heterocycles. The molecule has 0 saturated heterocycles. The maximum Gasteiger partial charge on any atom is 0.164 e. The molecule has 0 spiro atoms. The number of aromatic nitrogens is 3. The van der Waals surface area contributed by atoms with Crippen molar-refractivity contribution in [3.8, 4) is 11.4 Å². The summed E-state index contributed by atoms with van der Waals surface area (Å²) >= 11 is 2.24. The van der Waals surface area contributed by atoms with E-state index in [0.717, 1.165) is 20.6 Å². The summed E-state index contributed by atoms with van der Waals surface area (Å²) in [6.07, 6.45) is 6.91. The van der Waals surface area contributed by atoms with Gasteiger partial charge in [-0.15, -0.1) is 10.2 Å². The average molecular weight is 354 g/mol. The van der Waals surface area contributed by atoms with Crippen molar-refractivity contribution in [3.63, 3.8) is 0 Å². The van der Waals surface area contributed by atoms with Gasteiger partial charge in [-0.3, -0.25) is 0 Å². The molecule has 0 amide bonds. The lowest BCUT2D eigenvalue weighted by Crippen LogP contribution is -2.05. The number of hydrogen-bond acceptors (Lipinski definition) is 3. The van der Waals surface area contributed by atoms with Crippen molar-refractivity contribution < 1.29 is 0 Å². The Morgan fingerprint density at radius 3 is 2.78 bits per heavy atom. The minimum absolute atomic E-state index is 0.551. The predicted molar refractivity (Wildman–Crippen MR) is 80.1 cm³/mol. The highest BCUT2D eigenvalue weighted by Gasteiger charge is 2.20. The molecule has 18 heavy (non-hydrogen) atoms. The predicted octanol–water partition coefficient (Wildman–Crippen LogP) is 3.25. The Labute approximate surface area is 120 Å². The van der Waals surface area contributed by atoms with E-state index in [1.54, 1.807) is 0 Å². The smallest absolute Gasteiger partial charge is 0.164 e. The molecule has 5 heteroatoms. The van der Waals surface area contributed by atoms with Gasteiger partial charge in [0, 0.05) is 20.9 Å². The molecule has 0 radical (unpaired) electrons. The Bertz CT molecular complexity index is 558. The van der Waals surface area contributed by atoms with Gasteiger partial charge in [0.2, 0.25) is 0 Å². The lowest BCUT2D eigenvalue weighted by molar-refractivity contribution is 0.522. The summed E-state index contributed by atoms with van der Waals surface area (Å²) in [6, 6.07) is 6.62. The van der Waals surface area contributed by atoms with Gasteiger partial charge in [-0.05, 0) is 53.6 Å². The van der Waals surface area contributed by atoms with E-state index in [2.05, 4.69) is 43.4 Å².